The van der Waals surface area contributed by atoms with Crippen LogP contribution in [0, 0.1) is 17.3 Å². The van der Waals surface area contributed by atoms with Crippen LogP contribution >= 0.6 is 0 Å². The Kier molecular flexibility index (Phi) is 9.08. The number of likely N-dealkylation sites (N-methyl/N-ethyl adjacent to an activating group) is 1. The van der Waals surface area contributed by atoms with Crippen LogP contribution in [0.3, 0.4) is 0 Å². The first-order valence-corrected chi connectivity index (χ1v) is 17.1. The highest BCUT2D eigenvalue weighted by Crippen LogP contribution is 2.58. The second-order valence-electron chi connectivity index (χ2n) is 14.7. The number of rotatable bonds is 7. The molecule has 1 saturated heterocycles. The number of aliphatic hydroxyl groups excluding tert-OH is 2. The largest absolute Gasteiger partial charge is 0.508 e. The Labute approximate surface area is 281 Å². The number of ketones is 3. The fourth-order valence-electron chi connectivity index (χ4n) is 9.31. The van der Waals surface area contributed by atoms with Gasteiger partial charge in [0, 0.05) is 62.1 Å². The zero-order valence-corrected chi connectivity index (χ0v) is 28.3. The summed E-state index contributed by atoms with van der Waals surface area (Å²) in [6.45, 7) is 3.89. The minimum absolute atomic E-state index is 0.0216. The molecule has 1 aliphatic heterocycles. The fraction of sp³-hybridized carbons (Fsp3) is 0.611. The van der Waals surface area contributed by atoms with Gasteiger partial charge >= 0.3 is 0 Å². The number of carbonyl (C=O) groups excluding carboxylic acids is 4. The average Bonchev–Trinajstić information content (AvgIpc) is 3.04. The van der Waals surface area contributed by atoms with E-state index >= 15 is 0 Å². The Morgan fingerprint density at radius 3 is 2.29 bits per heavy atom. The Balaban J connectivity index is 1.45. The maximum Gasteiger partial charge on any atom is 0.225 e. The van der Waals surface area contributed by atoms with Gasteiger partial charge in [0.2, 0.25) is 11.7 Å². The van der Waals surface area contributed by atoms with Gasteiger partial charge in [-0.25, -0.2) is 0 Å². The summed E-state index contributed by atoms with van der Waals surface area (Å²) in [6.07, 6.45) is 5.38. The lowest BCUT2D eigenvalue weighted by atomic mass is 9.51. The van der Waals surface area contributed by atoms with Gasteiger partial charge < -0.3 is 30.6 Å². The number of aromatic hydroxyl groups is 1. The lowest BCUT2D eigenvalue weighted by Crippen LogP contribution is -2.68. The molecule has 4 atom stereocenters. The number of phenolic OH excluding ortho intramolecular Hbond substituents is 1. The van der Waals surface area contributed by atoms with E-state index in [9.17, 15) is 39.6 Å². The third-order valence-corrected chi connectivity index (χ3v) is 11.6. The third kappa shape index (κ3) is 5.28. The van der Waals surface area contributed by atoms with E-state index in [0.717, 1.165) is 44.6 Å². The summed E-state index contributed by atoms with van der Waals surface area (Å²) in [5, 5.41) is 49.8. The lowest BCUT2D eigenvalue weighted by Gasteiger charge is -2.56. The number of piperazine rings is 1. The van der Waals surface area contributed by atoms with E-state index in [4.69, 9.17) is 0 Å². The molecule has 6 rings (SSSR count). The van der Waals surface area contributed by atoms with Gasteiger partial charge in [-0.2, -0.15) is 0 Å². The van der Waals surface area contributed by atoms with Crippen molar-refractivity contribution in [2.45, 2.75) is 70.1 Å². The maximum absolute atomic E-state index is 14.8. The lowest BCUT2D eigenvalue weighted by molar-refractivity contribution is -0.158. The van der Waals surface area contributed by atoms with Crippen molar-refractivity contribution in [1.82, 2.24) is 20.0 Å². The van der Waals surface area contributed by atoms with E-state index < -0.39 is 57.4 Å². The number of hydrogen-bond donors (Lipinski definition) is 5. The highest BCUT2D eigenvalue weighted by molar-refractivity contribution is 6.25. The molecule has 0 unspecified atom stereocenters. The van der Waals surface area contributed by atoms with E-state index in [0.29, 0.717) is 38.3 Å². The van der Waals surface area contributed by atoms with Crippen molar-refractivity contribution in [3.05, 3.63) is 45.7 Å². The van der Waals surface area contributed by atoms with E-state index in [1.54, 1.807) is 32.1 Å². The molecule has 0 bridgehead atoms. The Bertz CT molecular complexity index is 1600. The summed E-state index contributed by atoms with van der Waals surface area (Å²) >= 11 is 0. The Morgan fingerprint density at radius 2 is 1.69 bits per heavy atom. The molecule has 12 heteroatoms. The molecule has 4 aliphatic carbocycles. The van der Waals surface area contributed by atoms with Crippen LogP contribution in [0.15, 0.2) is 29.0 Å². The highest BCUT2D eigenvalue weighted by Gasteiger charge is 2.67. The first-order valence-electron chi connectivity index (χ1n) is 17.1. The Hall–Kier alpha value is -3.58. The van der Waals surface area contributed by atoms with Crippen molar-refractivity contribution in [3.63, 3.8) is 0 Å². The van der Waals surface area contributed by atoms with E-state index in [1.807, 2.05) is 4.90 Å². The minimum Gasteiger partial charge on any atom is -0.508 e. The predicted octanol–water partition coefficient (Wildman–Crippen LogP) is 1.88. The van der Waals surface area contributed by atoms with Crippen LogP contribution in [0.4, 0.5) is 0 Å². The van der Waals surface area contributed by atoms with Crippen molar-refractivity contribution >= 4 is 29.0 Å². The van der Waals surface area contributed by atoms with E-state index in [-0.39, 0.29) is 48.1 Å². The zero-order valence-electron chi connectivity index (χ0n) is 28.3. The predicted molar refractivity (Wildman–Crippen MR) is 177 cm³/mol. The second kappa shape index (κ2) is 12.7. The summed E-state index contributed by atoms with van der Waals surface area (Å²) in [5.41, 5.74) is -2.98. The number of nitrogens with zero attached hydrogens (tertiary/aromatic N) is 3. The average molecular weight is 665 g/mol. The van der Waals surface area contributed by atoms with Crippen molar-refractivity contribution < 1.29 is 39.6 Å². The fourth-order valence-corrected chi connectivity index (χ4v) is 9.31. The number of aliphatic hydroxyl groups is 3. The number of benzene rings is 1. The van der Waals surface area contributed by atoms with Crippen molar-refractivity contribution in [3.8, 4) is 5.75 Å². The van der Waals surface area contributed by atoms with Gasteiger partial charge in [-0.05, 0) is 70.9 Å². The molecule has 0 aromatic heterocycles. The monoisotopic (exact) mass is 664 g/mol. The van der Waals surface area contributed by atoms with Crippen molar-refractivity contribution in [1.29, 1.82) is 0 Å². The zero-order chi connectivity index (χ0) is 34.7. The van der Waals surface area contributed by atoms with Gasteiger partial charge in [0.25, 0.3) is 0 Å². The minimum atomic E-state index is -2.66. The summed E-state index contributed by atoms with van der Waals surface area (Å²) < 4.78 is 0. The number of phenols is 1. The number of carbonyl (C=O) groups is 4. The molecule has 48 heavy (non-hydrogen) atoms. The van der Waals surface area contributed by atoms with E-state index in [1.165, 1.54) is 6.07 Å². The quantitative estimate of drug-likeness (QED) is 0.270. The molecule has 0 radical (unpaired) electrons. The molecular formula is C36H48N4O8. The van der Waals surface area contributed by atoms with Gasteiger partial charge in [-0.3, -0.25) is 29.0 Å². The smallest absolute Gasteiger partial charge is 0.225 e. The molecule has 3 fully saturated rings. The third-order valence-electron chi connectivity index (χ3n) is 11.6. The second-order valence-corrected chi connectivity index (χ2v) is 14.7. The molecule has 5 aliphatic rings. The molecule has 1 aromatic carbocycles. The normalized spacial score (nSPS) is 30.0. The van der Waals surface area contributed by atoms with Gasteiger partial charge in [0.1, 0.15) is 22.8 Å². The first kappa shape index (κ1) is 34.3. The first-order chi connectivity index (χ1) is 22.8. The van der Waals surface area contributed by atoms with Crippen LogP contribution < -0.4 is 5.32 Å². The number of fused-ring (bicyclic) bond motifs is 3. The van der Waals surface area contributed by atoms with Crippen molar-refractivity contribution in [2.75, 3.05) is 53.9 Å². The van der Waals surface area contributed by atoms with Gasteiger partial charge in [-0.15, -0.1) is 0 Å². The van der Waals surface area contributed by atoms with Gasteiger partial charge in [0.15, 0.2) is 17.2 Å². The molecule has 5 N–H and O–H groups in total. The van der Waals surface area contributed by atoms with Crippen molar-refractivity contribution in [2.24, 2.45) is 17.3 Å². The van der Waals surface area contributed by atoms with Crippen LogP contribution in [0.25, 0.3) is 5.76 Å². The number of hydrogen-bond acceptors (Lipinski definition) is 11. The maximum atomic E-state index is 14.8. The highest BCUT2D eigenvalue weighted by atomic mass is 16.3. The van der Waals surface area contributed by atoms with Crippen LogP contribution in [0.2, 0.25) is 0 Å². The van der Waals surface area contributed by atoms with Crippen LogP contribution in [0.5, 0.6) is 5.75 Å². The molecule has 0 spiro atoms. The van der Waals surface area contributed by atoms with Crippen LogP contribution in [-0.2, 0) is 32.1 Å². The molecule has 1 aromatic rings. The van der Waals surface area contributed by atoms with Gasteiger partial charge in [-0.1, -0.05) is 25.3 Å². The number of Topliss-reactive ketones (excluding diaryl/α,β-unsaturated/α-hetero) is 3. The molecule has 1 heterocycles. The summed E-state index contributed by atoms with van der Waals surface area (Å²) in [6, 6.07) is 2.12. The molecule has 260 valence electrons. The van der Waals surface area contributed by atoms with E-state index in [2.05, 4.69) is 10.2 Å². The Morgan fingerprint density at radius 1 is 1.02 bits per heavy atom. The van der Waals surface area contributed by atoms with Gasteiger partial charge in [0.05, 0.1) is 11.6 Å². The standard InChI is InChI=1S/C36H48N4O8/c1-20(41)26-31(44)29(38(3)4)24-17-35(19-39-12-14-40(15-13-39)34(47)21-8-6-5-7-9-21)16-23-22(18-37-2)10-11-25(42)27(23)30(43)28(35)33(46)36(24,48)32(26)45/h10-11,21,24,29,37,42-43,45,48H,5-9,12-19H2,1-4H3/t24-,29-,35-,36+/m0/s1. The summed E-state index contributed by atoms with van der Waals surface area (Å²) in [7, 11) is 5.05. The summed E-state index contributed by atoms with van der Waals surface area (Å²) in [5.74, 6) is -5.02. The number of nitrogens with one attached hydrogen (secondary N) is 1. The summed E-state index contributed by atoms with van der Waals surface area (Å²) in [4.78, 5) is 60.2. The topological polar surface area (TPSA) is 171 Å². The number of amides is 1. The molecular weight excluding hydrogens is 616 g/mol. The molecule has 2 saturated carbocycles. The SMILES string of the molecule is CNCc1ccc(O)c2c1C[C@@]1(CN3CCN(C(=O)C4CCCCC4)CC3)C[C@H]3[C@H](N(C)C)C(=O)C(C(C)=O)=C(O)[C@@]3(O)C(=O)C1=C2O. The van der Waals surface area contributed by atoms with Crippen LogP contribution in [0.1, 0.15) is 62.1 Å². The molecule has 1 amide bonds. The molecule has 12 nitrogen and oxygen atoms in total. The van der Waals surface area contributed by atoms with Crippen LogP contribution in [-0.4, -0.2) is 124 Å².